The highest BCUT2D eigenvalue weighted by molar-refractivity contribution is 6.58. The summed E-state index contributed by atoms with van der Waals surface area (Å²) in [5, 5.41) is -0.222. The van der Waals surface area contributed by atoms with Crippen LogP contribution in [0, 0.1) is 17.6 Å². The summed E-state index contributed by atoms with van der Waals surface area (Å²) in [6, 6.07) is 3.90. The van der Waals surface area contributed by atoms with Crippen LogP contribution in [0.4, 0.5) is 27.6 Å². The number of carbonyl (C=O) groups is 2. The fourth-order valence-electron chi connectivity index (χ4n) is 3.97. The van der Waals surface area contributed by atoms with Crippen LogP contribution in [0.3, 0.4) is 0 Å². The zero-order chi connectivity index (χ0) is 27.2. The molecular weight excluding hydrogens is 486 g/mol. The van der Waals surface area contributed by atoms with Crippen molar-refractivity contribution in [3.05, 3.63) is 53.4 Å². The maximum Gasteiger partial charge on any atom is 0.417 e. The van der Waals surface area contributed by atoms with E-state index in [1.54, 1.807) is 0 Å². The Hall–Kier alpha value is -3.09. The molecule has 2 amide bonds. The molecule has 0 spiro atoms. The maximum absolute atomic E-state index is 14.7. The van der Waals surface area contributed by atoms with Gasteiger partial charge in [0.15, 0.2) is 17.2 Å². The summed E-state index contributed by atoms with van der Waals surface area (Å²) < 4.78 is 81.1. The van der Waals surface area contributed by atoms with Crippen LogP contribution >= 0.6 is 0 Å². The average molecular weight is 503 g/mol. The van der Waals surface area contributed by atoms with Crippen molar-refractivity contribution in [3.8, 4) is 5.75 Å². The number of nitrogens with one attached hydrogen (secondary N) is 1. The first-order valence-electron chi connectivity index (χ1n) is 10.3. The fourth-order valence-corrected chi connectivity index (χ4v) is 3.97. The molecule has 2 aromatic rings. The molecule has 1 aromatic carbocycles. The highest BCUT2D eigenvalue weighted by atomic mass is 19.4. The summed E-state index contributed by atoms with van der Waals surface area (Å²) in [5.74, 6) is -9.16. The van der Waals surface area contributed by atoms with Crippen LogP contribution in [0.2, 0.25) is 0 Å². The number of carbonyl (C=O) groups excluding carboxylic acids is 2. The van der Waals surface area contributed by atoms with Gasteiger partial charge in [0.1, 0.15) is 35.3 Å². The van der Waals surface area contributed by atoms with Gasteiger partial charge in [-0.2, -0.15) is 17.6 Å². The molecule has 0 aliphatic carbocycles. The van der Waals surface area contributed by atoms with E-state index in [0.29, 0.717) is 6.07 Å². The van der Waals surface area contributed by atoms with Gasteiger partial charge in [0, 0.05) is 29.3 Å². The highest BCUT2D eigenvalue weighted by Crippen LogP contribution is 2.55. The Labute approximate surface area is 206 Å². The maximum atomic E-state index is 14.7. The molecule has 7 nitrogen and oxygen atoms in total. The number of primary amides is 1. The van der Waals surface area contributed by atoms with E-state index in [1.165, 1.54) is 6.07 Å². The smallest absolute Gasteiger partial charge is 0.417 e. The molecule has 36 heavy (non-hydrogen) atoms. The highest BCUT2D eigenvalue weighted by Gasteiger charge is 2.66. The molecule has 0 bridgehead atoms. The molecule has 3 rings (SSSR count). The molecule has 3 N–H and O–H groups in total. The van der Waals surface area contributed by atoms with Gasteiger partial charge in [0.2, 0.25) is 5.82 Å². The van der Waals surface area contributed by atoms with E-state index in [9.17, 15) is 31.5 Å². The van der Waals surface area contributed by atoms with Crippen LogP contribution in [0.1, 0.15) is 35.8 Å². The number of hydrogen-bond donors (Lipinski definition) is 2. The van der Waals surface area contributed by atoms with E-state index in [4.69, 9.17) is 38.7 Å². The zero-order valence-corrected chi connectivity index (χ0v) is 18.9. The molecule has 1 aliphatic rings. The largest absolute Gasteiger partial charge is 0.513 e. The standard InChI is InChI=1S/C21H17B3F5N3O4/c1-8-13(10-3-4-11(25)14(26)15(10)36-21(22,23)24)16(35-19(8,2)20(27,28)29)18(34)32-9-5-6-31-12(7-9)17(30)33/h3-8,13,16H,1-2H3,(H2,30,33)(H,31,32,34)/t8-,13-,16+,19+/m0/s1. The Morgan fingerprint density at radius 1 is 1.19 bits per heavy atom. The van der Waals surface area contributed by atoms with E-state index >= 15 is 0 Å². The molecule has 184 valence electrons. The number of rotatable bonds is 6. The van der Waals surface area contributed by atoms with E-state index in [-0.39, 0.29) is 11.4 Å². The Bertz CT molecular complexity index is 1190. The van der Waals surface area contributed by atoms with E-state index in [2.05, 4.69) is 10.3 Å². The minimum atomic E-state index is -4.98. The van der Waals surface area contributed by atoms with Crippen LogP contribution in [0.25, 0.3) is 0 Å². The van der Waals surface area contributed by atoms with Crippen molar-refractivity contribution in [2.24, 2.45) is 11.7 Å². The third-order valence-electron chi connectivity index (χ3n) is 5.93. The Balaban J connectivity index is 2.12. The predicted octanol–water partition coefficient (Wildman–Crippen LogP) is 2.03. The Morgan fingerprint density at radius 3 is 2.39 bits per heavy atom. The van der Waals surface area contributed by atoms with E-state index < -0.39 is 69.8 Å². The molecule has 1 aliphatic heterocycles. The first-order valence-corrected chi connectivity index (χ1v) is 10.3. The molecule has 1 aromatic heterocycles. The van der Waals surface area contributed by atoms with E-state index in [1.807, 2.05) is 0 Å². The average Bonchev–Trinajstić information content (AvgIpc) is 3.03. The normalized spacial score (nSPS) is 24.4. The minimum Gasteiger partial charge on any atom is -0.513 e. The lowest BCUT2D eigenvalue weighted by atomic mass is 9.52. The number of benzene rings is 1. The van der Waals surface area contributed by atoms with Crippen molar-refractivity contribution < 1.29 is 41.0 Å². The van der Waals surface area contributed by atoms with Gasteiger partial charge >= 0.3 is 6.18 Å². The summed E-state index contributed by atoms with van der Waals surface area (Å²) in [7, 11) is 16.1. The van der Waals surface area contributed by atoms with Gasteiger partial charge in [-0.3, -0.25) is 14.6 Å². The van der Waals surface area contributed by atoms with Crippen molar-refractivity contribution in [1.29, 1.82) is 0 Å². The minimum absolute atomic E-state index is 0.0360. The fraction of sp³-hybridized carbons (Fsp3) is 0.381. The SMILES string of the molecule is [B]C([B])([B])Oc1c([C@H]2[C@H](C(=O)Nc3ccnc(C(N)=O)c3)O[C@@](C)(C(F)(F)F)[C@H]2C)ccc(F)c1F. The van der Waals surface area contributed by atoms with Crippen molar-refractivity contribution in [1.82, 2.24) is 4.98 Å². The number of alkyl halides is 3. The molecule has 6 radical (unpaired) electrons. The molecule has 1 saturated heterocycles. The molecule has 0 saturated carbocycles. The van der Waals surface area contributed by atoms with Crippen molar-refractivity contribution in [2.75, 3.05) is 5.32 Å². The quantitative estimate of drug-likeness (QED) is 0.465. The summed E-state index contributed by atoms with van der Waals surface area (Å²) in [5.41, 5.74) is 1.59. The van der Waals surface area contributed by atoms with Crippen LogP contribution < -0.4 is 15.8 Å². The van der Waals surface area contributed by atoms with Gasteiger partial charge in [0.25, 0.3) is 11.8 Å². The number of hydrogen-bond acceptors (Lipinski definition) is 5. The lowest BCUT2D eigenvalue weighted by Gasteiger charge is -2.32. The molecule has 15 heteroatoms. The third-order valence-corrected chi connectivity index (χ3v) is 5.93. The molecule has 4 atom stereocenters. The van der Waals surface area contributed by atoms with Crippen LogP contribution in [-0.4, -0.2) is 63.5 Å². The van der Waals surface area contributed by atoms with Crippen LogP contribution in [0.15, 0.2) is 30.5 Å². The molecule has 0 unspecified atom stereocenters. The van der Waals surface area contributed by atoms with Gasteiger partial charge in [-0.25, -0.2) is 4.39 Å². The summed E-state index contributed by atoms with van der Waals surface area (Å²) >= 11 is 0. The van der Waals surface area contributed by atoms with Gasteiger partial charge < -0.3 is 20.5 Å². The van der Waals surface area contributed by atoms with Gasteiger partial charge in [-0.05, 0) is 30.4 Å². The number of anilines is 1. The van der Waals surface area contributed by atoms with Crippen molar-refractivity contribution >= 4 is 41.0 Å². The van der Waals surface area contributed by atoms with Gasteiger partial charge in [0.05, 0.1) is 0 Å². The summed E-state index contributed by atoms with van der Waals surface area (Å²) in [4.78, 5) is 28.2. The summed E-state index contributed by atoms with van der Waals surface area (Å²) in [6.07, 6.45) is -5.75. The van der Waals surface area contributed by atoms with Crippen LogP contribution in [-0.2, 0) is 9.53 Å². The summed E-state index contributed by atoms with van der Waals surface area (Å²) in [6.45, 7) is 1.84. The lowest BCUT2D eigenvalue weighted by Crippen LogP contribution is -2.47. The van der Waals surface area contributed by atoms with Gasteiger partial charge in [-0.15, -0.1) is 0 Å². The topological polar surface area (TPSA) is 104 Å². The number of halogens is 5. The van der Waals surface area contributed by atoms with Crippen molar-refractivity contribution in [3.63, 3.8) is 0 Å². The Morgan fingerprint density at radius 2 is 1.83 bits per heavy atom. The lowest BCUT2D eigenvalue weighted by molar-refractivity contribution is -0.272. The molecule has 2 heterocycles. The number of aromatic nitrogens is 1. The van der Waals surface area contributed by atoms with Crippen molar-refractivity contribution in [2.45, 2.75) is 42.9 Å². The predicted molar refractivity (Wildman–Crippen MR) is 120 cm³/mol. The number of nitrogens with zero attached hydrogens (tertiary/aromatic N) is 1. The second-order valence-corrected chi connectivity index (χ2v) is 8.48. The number of pyridine rings is 1. The van der Waals surface area contributed by atoms with Gasteiger partial charge in [-0.1, -0.05) is 13.0 Å². The monoisotopic (exact) mass is 503 g/mol. The first kappa shape index (κ1) is 27.5. The number of amides is 2. The second kappa shape index (κ2) is 9.42. The Kier molecular flexibility index (Phi) is 7.19. The first-order chi connectivity index (χ1) is 16.5. The zero-order valence-electron chi connectivity index (χ0n) is 18.9. The molecule has 1 fully saturated rings. The molecular formula is C21H17B3F5N3O4. The van der Waals surface area contributed by atoms with E-state index in [0.717, 1.165) is 32.2 Å². The number of ether oxygens (including phenoxy) is 2. The number of nitrogens with two attached hydrogens (primary N) is 1. The van der Waals surface area contributed by atoms with Crippen LogP contribution in [0.5, 0.6) is 5.75 Å². The second-order valence-electron chi connectivity index (χ2n) is 8.48. The third kappa shape index (κ3) is 5.20.